The Hall–Kier alpha value is -3.55. The molecule has 1 N–H and O–H groups in total. The molecule has 0 fully saturated rings. The highest BCUT2D eigenvalue weighted by Gasteiger charge is 2.18. The van der Waals surface area contributed by atoms with Crippen LogP contribution in [0.5, 0.6) is 5.75 Å². The van der Waals surface area contributed by atoms with Crippen molar-refractivity contribution < 1.29 is 4.74 Å². The third-order valence-corrected chi connectivity index (χ3v) is 4.57. The fourth-order valence-electron chi connectivity index (χ4n) is 3.24. The van der Waals surface area contributed by atoms with Crippen molar-refractivity contribution in [2.24, 2.45) is 0 Å². The van der Waals surface area contributed by atoms with Gasteiger partial charge in [-0.05, 0) is 25.0 Å². The molecule has 3 heterocycles. The third-order valence-electron chi connectivity index (χ3n) is 4.57. The zero-order valence-corrected chi connectivity index (χ0v) is 16.4. The first-order valence-corrected chi connectivity index (χ1v) is 9.68. The molecule has 0 bridgehead atoms. The van der Waals surface area contributed by atoms with Crippen molar-refractivity contribution in [3.8, 4) is 17.1 Å². The minimum atomic E-state index is -0.275. The molecule has 0 atom stereocenters. The average Bonchev–Trinajstić information content (AvgIpc) is 3.10. The van der Waals surface area contributed by atoms with E-state index < -0.39 is 0 Å². The second-order valence-electron chi connectivity index (χ2n) is 6.61. The monoisotopic (exact) mass is 390 g/mol. The molecule has 8 heteroatoms. The van der Waals surface area contributed by atoms with Crippen LogP contribution in [0.25, 0.3) is 22.4 Å². The van der Waals surface area contributed by atoms with Crippen LogP contribution in [0.2, 0.25) is 0 Å². The van der Waals surface area contributed by atoms with Crippen LogP contribution in [0.15, 0.2) is 47.7 Å². The maximum absolute atomic E-state index is 12.8. The summed E-state index contributed by atoms with van der Waals surface area (Å²) in [6, 6.07) is 7.58. The minimum absolute atomic E-state index is 0.275. The standard InChI is InChI=1S/C21H22N6O2/c1-3-11-29-17-8-6-5-7-15(17)20-24-18-16(4-2)27(26-19(18)21(28)25-20)13-14-12-22-9-10-23-14/h5-10,12H,3-4,11,13H2,1-2H3,(H,24,25,28). The summed E-state index contributed by atoms with van der Waals surface area (Å²) in [5.74, 6) is 1.17. The summed E-state index contributed by atoms with van der Waals surface area (Å²) < 4.78 is 7.61. The summed E-state index contributed by atoms with van der Waals surface area (Å²) in [5.41, 5.74) is 3.04. The van der Waals surface area contributed by atoms with Gasteiger partial charge in [0.1, 0.15) is 17.1 Å². The molecule has 4 rings (SSSR count). The van der Waals surface area contributed by atoms with E-state index in [9.17, 15) is 4.79 Å². The number of aromatic amines is 1. The molecule has 148 valence electrons. The van der Waals surface area contributed by atoms with Gasteiger partial charge in [0.25, 0.3) is 5.56 Å². The van der Waals surface area contributed by atoms with Gasteiger partial charge in [0.15, 0.2) is 5.52 Å². The Kier molecular flexibility index (Phi) is 5.33. The molecule has 0 radical (unpaired) electrons. The molecule has 3 aromatic heterocycles. The lowest BCUT2D eigenvalue weighted by Gasteiger charge is -2.10. The minimum Gasteiger partial charge on any atom is -0.493 e. The summed E-state index contributed by atoms with van der Waals surface area (Å²) in [6.07, 6.45) is 6.53. The first-order valence-electron chi connectivity index (χ1n) is 9.68. The van der Waals surface area contributed by atoms with E-state index in [1.165, 1.54) is 0 Å². The number of nitrogens with zero attached hydrogens (tertiary/aromatic N) is 5. The molecule has 0 spiro atoms. The first kappa shape index (κ1) is 18.8. The smallest absolute Gasteiger partial charge is 0.279 e. The van der Waals surface area contributed by atoms with E-state index in [0.29, 0.717) is 42.2 Å². The SMILES string of the molecule is CCCOc1ccccc1-c1nc2c(CC)n(Cc3cnccn3)nc2c(=O)[nH]1. The number of ether oxygens (including phenoxy) is 1. The van der Waals surface area contributed by atoms with Gasteiger partial charge in [0.05, 0.1) is 36.3 Å². The largest absolute Gasteiger partial charge is 0.493 e. The number of hydrogen-bond acceptors (Lipinski definition) is 6. The van der Waals surface area contributed by atoms with Crippen LogP contribution in [0.3, 0.4) is 0 Å². The highest BCUT2D eigenvalue weighted by molar-refractivity contribution is 5.79. The van der Waals surface area contributed by atoms with Crippen molar-refractivity contribution in [2.45, 2.75) is 33.2 Å². The van der Waals surface area contributed by atoms with Crippen molar-refractivity contribution in [3.63, 3.8) is 0 Å². The predicted molar refractivity (Wildman–Crippen MR) is 110 cm³/mol. The van der Waals surface area contributed by atoms with Crippen LogP contribution >= 0.6 is 0 Å². The molecule has 0 saturated heterocycles. The van der Waals surface area contributed by atoms with E-state index in [2.05, 4.69) is 20.1 Å². The van der Waals surface area contributed by atoms with Crippen LogP contribution in [0.4, 0.5) is 0 Å². The normalized spacial score (nSPS) is 11.1. The Morgan fingerprint density at radius 2 is 2.00 bits per heavy atom. The van der Waals surface area contributed by atoms with E-state index in [0.717, 1.165) is 23.4 Å². The van der Waals surface area contributed by atoms with Crippen LogP contribution in [0, 0.1) is 0 Å². The van der Waals surface area contributed by atoms with Crippen LogP contribution < -0.4 is 10.3 Å². The predicted octanol–water partition coefficient (Wildman–Crippen LogP) is 2.98. The Labute approximate surface area is 167 Å². The van der Waals surface area contributed by atoms with Gasteiger partial charge in [-0.15, -0.1) is 0 Å². The molecule has 1 aromatic carbocycles. The Bertz CT molecular complexity index is 1180. The highest BCUT2D eigenvalue weighted by atomic mass is 16.5. The zero-order valence-electron chi connectivity index (χ0n) is 16.4. The van der Waals surface area contributed by atoms with Crippen molar-refractivity contribution in [1.29, 1.82) is 0 Å². The second kappa shape index (κ2) is 8.22. The molecule has 8 nitrogen and oxygen atoms in total. The topological polar surface area (TPSA) is 98.6 Å². The molecule has 4 aromatic rings. The van der Waals surface area contributed by atoms with Gasteiger partial charge in [0.2, 0.25) is 0 Å². The number of hydrogen-bond donors (Lipinski definition) is 1. The van der Waals surface area contributed by atoms with Crippen molar-refractivity contribution in [2.75, 3.05) is 6.61 Å². The summed E-state index contributed by atoms with van der Waals surface area (Å²) >= 11 is 0. The number of H-pyrrole nitrogens is 1. The zero-order chi connectivity index (χ0) is 20.2. The fourth-order valence-corrected chi connectivity index (χ4v) is 3.24. The molecule has 0 amide bonds. The lowest BCUT2D eigenvalue weighted by molar-refractivity contribution is 0.318. The number of benzene rings is 1. The van der Waals surface area contributed by atoms with Gasteiger partial charge < -0.3 is 9.72 Å². The molecule has 29 heavy (non-hydrogen) atoms. The second-order valence-corrected chi connectivity index (χ2v) is 6.61. The van der Waals surface area contributed by atoms with Crippen LogP contribution in [0.1, 0.15) is 31.7 Å². The van der Waals surface area contributed by atoms with Gasteiger partial charge in [-0.1, -0.05) is 26.0 Å². The van der Waals surface area contributed by atoms with E-state index in [4.69, 9.17) is 9.72 Å². The molecule has 0 aliphatic rings. The summed E-state index contributed by atoms with van der Waals surface area (Å²) in [6.45, 7) is 5.09. The number of aryl methyl sites for hydroxylation is 1. The molecule has 0 aliphatic heterocycles. The maximum Gasteiger partial charge on any atom is 0.279 e. The number of fused-ring (bicyclic) bond motifs is 1. The molecule has 0 saturated carbocycles. The lowest BCUT2D eigenvalue weighted by Crippen LogP contribution is -2.10. The Morgan fingerprint density at radius 1 is 1.14 bits per heavy atom. The van der Waals surface area contributed by atoms with Crippen molar-refractivity contribution >= 4 is 11.0 Å². The highest BCUT2D eigenvalue weighted by Crippen LogP contribution is 2.28. The van der Waals surface area contributed by atoms with E-state index in [-0.39, 0.29) is 5.56 Å². The van der Waals surface area contributed by atoms with Crippen LogP contribution in [-0.2, 0) is 13.0 Å². The fraction of sp³-hybridized carbons (Fsp3) is 0.286. The van der Waals surface area contributed by atoms with E-state index in [1.54, 1.807) is 23.3 Å². The maximum atomic E-state index is 12.8. The average molecular weight is 390 g/mol. The first-order chi connectivity index (χ1) is 14.2. The van der Waals surface area contributed by atoms with Gasteiger partial charge in [0, 0.05) is 12.4 Å². The van der Waals surface area contributed by atoms with Crippen molar-refractivity contribution in [1.82, 2.24) is 29.7 Å². The summed E-state index contributed by atoms with van der Waals surface area (Å²) in [5, 5.41) is 4.50. The Morgan fingerprint density at radius 3 is 2.76 bits per heavy atom. The van der Waals surface area contributed by atoms with Gasteiger partial charge in [-0.3, -0.25) is 19.4 Å². The number of nitrogens with one attached hydrogen (secondary N) is 1. The van der Waals surface area contributed by atoms with Crippen LogP contribution in [-0.4, -0.2) is 36.3 Å². The molecule has 0 unspecified atom stereocenters. The quantitative estimate of drug-likeness (QED) is 0.521. The Balaban J connectivity index is 1.82. The van der Waals surface area contributed by atoms with Crippen molar-refractivity contribution in [3.05, 3.63) is 64.6 Å². The third kappa shape index (κ3) is 3.73. The number of para-hydroxylation sites is 1. The summed E-state index contributed by atoms with van der Waals surface area (Å²) in [4.78, 5) is 28.8. The van der Waals surface area contributed by atoms with Gasteiger partial charge in [-0.2, -0.15) is 5.10 Å². The summed E-state index contributed by atoms with van der Waals surface area (Å²) in [7, 11) is 0. The molecule has 0 aliphatic carbocycles. The number of aromatic nitrogens is 6. The molecular formula is C21H22N6O2. The van der Waals surface area contributed by atoms with Gasteiger partial charge in [-0.25, -0.2) is 4.98 Å². The lowest BCUT2D eigenvalue weighted by atomic mass is 10.1. The van der Waals surface area contributed by atoms with Gasteiger partial charge >= 0.3 is 0 Å². The molecular weight excluding hydrogens is 368 g/mol. The van der Waals surface area contributed by atoms with E-state index >= 15 is 0 Å². The van der Waals surface area contributed by atoms with E-state index in [1.807, 2.05) is 38.1 Å². The number of rotatable bonds is 7.